The molecule has 0 saturated heterocycles. The Balaban J connectivity index is 0.00000625. The van der Waals surface area contributed by atoms with E-state index < -0.39 is 0 Å². The summed E-state index contributed by atoms with van der Waals surface area (Å²) in [6.45, 7) is 18.3. The molecule has 0 fully saturated rings. The third-order valence-corrected chi connectivity index (χ3v) is 3.58. The Morgan fingerprint density at radius 3 is 2.42 bits per heavy atom. The Labute approximate surface area is 184 Å². The van der Waals surface area contributed by atoms with E-state index in [2.05, 4.69) is 74.0 Å². The normalized spacial score (nSPS) is 12.2. The van der Waals surface area contributed by atoms with Gasteiger partial charge in [-0.2, -0.15) is 5.10 Å². The third kappa shape index (κ3) is 9.93. The minimum Gasteiger partial charge on any atom is -0.539 e. The van der Waals surface area contributed by atoms with Gasteiger partial charge in [0, 0.05) is 38.9 Å². The Morgan fingerprint density at radius 1 is 1.27 bits per heavy atom. The first-order valence-corrected chi connectivity index (χ1v) is 8.44. The van der Waals surface area contributed by atoms with Crippen molar-refractivity contribution >= 4 is 11.8 Å². The third-order valence-electron chi connectivity index (χ3n) is 3.58. The number of nitrogens with two attached hydrogens (primary N) is 1. The number of nitrogens with zero attached hydrogens (tertiary/aromatic N) is 1. The largest absolute Gasteiger partial charge is 0.539 e. The summed E-state index contributed by atoms with van der Waals surface area (Å²) in [4.78, 5) is 0. The second-order valence-electron chi connectivity index (χ2n) is 7.26. The van der Waals surface area contributed by atoms with E-state index in [1.165, 1.54) is 11.8 Å². The fraction of sp³-hybridized carbons (Fsp3) is 0.333. The van der Waals surface area contributed by atoms with Crippen molar-refractivity contribution in [1.29, 1.82) is 0 Å². The molecular formula is C21H31N4Y-. The fourth-order valence-electron chi connectivity index (χ4n) is 2.32. The van der Waals surface area contributed by atoms with Crippen LogP contribution in [-0.4, -0.2) is 6.21 Å². The molecule has 0 unspecified atom stereocenters. The molecule has 4 nitrogen and oxygen atoms in total. The summed E-state index contributed by atoms with van der Waals surface area (Å²) in [5.41, 5.74) is 13.9. The van der Waals surface area contributed by atoms with Gasteiger partial charge in [0.1, 0.15) is 0 Å². The maximum Gasteiger partial charge on any atom is 0.0704 e. The zero-order chi connectivity index (χ0) is 18.9. The zero-order valence-electron chi connectivity index (χ0n) is 16.5. The van der Waals surface area contributed by atoms with Gasteiger partial charge >= 0.3 is 0 Å². The Bertz CT molecular complexity index is 637. The molecule has 0 aromatic heterocycles. The van der Waals surface area contributed by atoms with Gasteiger partial charge in [-0.05, 0) is 35.6 Å². The SMILES string of the molecule is C=CN/N=C\C(N)=C(/C)c1ccc(C[CH-]NC(=C)CC(C)(C)C)cc1.[Y]. The molecule has 0 amide bonds. The van der Waals surface area contributed by atoms with Crippen molar-refractivity contribution in [2.45, 2.75) is 40.5 Å². The minimum absolute atomic E-state index is 0. The topological polar surface area (TPSA) is 62.4 Å². The molecule has 0 aliphatic rings. The number of hydrazone groups is 1. The van der Waals surface area contributed by atoms with E-state index in [9.17, 15) is 0 Å². The second-order valence-corrected chi connectivity index (χ2v) is 7.26. The van der Waals surface area contributed by atoms with Gasteiger partial charge in [-0.1, -0.05) is 63.8 Å². The van der Waals surface area contributed by atoms with Gasteiger partial charge in [-0.25, -0.2) is 6.54 Å². The van der Waals surface area contributed by atoms with Crippen molar-refractivity contribution in [2.24, 2.45) is 16.3 Å². The Hall–Kier alpha value is -1.39. The number of rotatable bonds is 9. The number of hydrogen-bond acceptors (Lipinski definition) is 4. The minimum atomic E-state index is 0. The van der Waals surface area contributed by atoms with E-state index in [-0.39, 0.29) is 38.1 Å². The summed E-state index contributed by atoms with van der Waals surface area (Å²) in [5, 5.41) is 7.23. The van der Waals surface area contributed by atoms with Crippen molar-refractivity contribution < 1.29 is 32.7 Å². The van der Waals surface area contributed by atoms with Gasteiger partial charge in [-0.3, -0.25) is 5.43 Å². The number of hydrogen-bond donors (Lipinski definition) is 3. The summed E-state index contributed by atoms with van der Waals surface area (Å²) in [6.07, 6.45) is 4.87. The molecule has 0 spiro atoms. The molecule has 0 saturated carbocycles. The molecule has 0 atom stereocenters. The van der Waals surface area contributed by atoms with Gasteiger partial charge in [0.05, 0.1) is 11.9 Å². The average Bonchev–Trinajstić information content (AvgIpc) is 2.53. The van der Waals surface area contributed by atoms with Crippen molar-refractivity contribution in [2.75, 3.05) is 0 Å². The van der Waals surface area contributed by atoms with E-state index >= 15 is 0 Å². The van der Waals surface area contributed by atoms with Crippen LogP contribution >= 0.6 is 0 Å². The first-order chi connectivity index (χ1) is 11.7. The molecule has 0 heterocycles. The number of nitrogens with one attached hydrogen (secondary N) is 2. The molecular weight excluding hydrogens is 397 g/mol. The summed E-state index contributed by atoms with van der Waals surface area (Å²) in [6, 6.07) is 8.36. The molecule has 139 valence electrons. The molecule has 1 radical (unpaired) electrons. The van der Waals surface area contributed by atoms with E-state index in [1.54, 1.807) is 6.21 Å². The van der Waals surface area contributed by atoms with Crippen molar-refractivity contribution in [3.8, 4) is 0 Å². The average molecular weight is 428 g/mol. The van der Waals surface area contributed by atoms with Crippen molar-refractivity contribution in [3.63, 3.8) is 0 Å². The fourth-order valence-corrected chi connectivity index (χ4v) is 2.32. The van der Waals surface area contributed by atoms with Crippen LogP contribution in [0.15, 0.2) is 60.1 Å². The second kappa shape index (κ2) is 12.1. The number of allylic oxidation sites excluding steroid dienone is 3. The van der Waals surface area contributed by atoms with Crippen molar-refractivity contribution in [1.82, 2.24) is 10.7 Å². The predicted molar refractivity (Wildman–Crippen MR) is 109 cm³/mol. The molecule has 26 heavy (non-hydrogen) atoms. The summed E-state index contributed by atoms with van der Waals surface area (Å²) in [5.74, 6) is 0. The molecule has 0 aliphatic heterocycles. The number of benzene rings is 1. The Morgan fingerprint density at radius 2 is 1.88 bits per heavy atom. The van der Waals surface area contributed by atoms with Crippen LogP contribution in [0.1, 0.15) is 45.2 Å². The summed E-state index contributed by atoms with van der Waals surface area (Å²) in [7, 11) is 0. The molecule has 0 bridgehead atoms. The van der Waals surface area contributed by atoms with Gasteiger partial charge < -0.3 is 11.1 Å². The molecule has 0 aliphatic carbocycles. The maximum atomic E-state index is 6.02. The van der Waals surface area contributed by atoms with Gasteiger partial charge in [-0.15, -0.1) is 6.42 Å². The molecule has 5 heteroatoms. The Kier molecular flexibility index (Phi) is 11.4. The quantitative estimate of drug-likeness (QED) is 0.312. The van der Waals surface area contributed by atoms with Gasteiger partial charge in [0.2, 0.25) is 0 Å². The molecule has 1 aromatic rings. The molecule has 4 N–H and O–H groups in total. The van der Waals surface area contributed by atoms with E-state index in [0.717, 1.165) is 29.7 Å². The van der Waals surface area contributed by atoms with Gasteiger partial charge in [0.25, 0.3) is 0 Å². The first-order valence-electron chi connectivity index (χ1n) is 8.44. The van der Waals surface area contributed by atoms with E-state index in [4.69, 9.17) is 5.73 Å². The maximum absolute atomic E-state index is 6.02. The van der Waals surface area contributed by atoms with Crippen LogP contribution in [0.3, 0.4) is 0 Å². The van der Waals surface area contributed by atoms with Crippen LogP contribution in [-0.2, 0) is 39.1 Å². The van der Waals surface area contributed by atoms with Gasteiger partial charge in [0.15, 0.2) is 0 Å². The van der Waals surface area contributed by atoms with E-state index in [1.807, 2.05) is 13.5 Å². The molecule has 1 aromatic carbocycles. The van der Waals surface area contributed by atoms with Crippen LogP contribution in [0.2, 0.25) is 0 Å². The van der Waals surface area contributed by atoms with E-state index in [0.29, 0.717) is 5.70 Å². The summed E-state index contributed by atoms with van der Waals surface area (Å²) < 4.78 is 0. The molecule has 1 rings (SSSR count). The zero-order valence-corrected chi connectivity index (χ0v) is 19.3. The first kappa shape index (κ1) is 24.6. The van der Waals surface area contributed by atoms with Crippen LogP contribution in [0, 0.1) is 12.0 Å². The van der Waals surface area contributed by atoms with Crippen molar-refractivity contribution in [3.05, 3.63) is 72.7 Å². The smallest absolute Gasteiger partial charge is 0.0704 e. The van der Waals surface area contributed by atoms with Crippen LogP contribution < -0.4 is 16.5 Å². The predicted octanol–water partition coefficient (Wildman–Crippen LogP) is 4.34. The van der Waals surface area contributed by atoms with Crippen LogP contribution in [0.25, 0.3) is 5.57 Å². The standard InChI is InChI=1S/C21H31N4.Y/c1-7-24-25-15-20(22)17(3)19-10-8-18(9-11-19)12-13-23-16(2)14-21(4,5)6;/h7-11,13,15,23-24H,1-2,12,14,22H2,3-6H3;/q-1;/b20-17-,25-15-;. The summed E-state index contributed by atoms with van der Waals surface area (Å²) >= 11 is 0. The van der Waals surface area contributed by atoms with Crippen LogP contribution in [0.4, 0.5) is 0 Å². The monoisotopic (exact) mass is 428 g/mol. The van der Waals surface area contributed by atoms with Crippen LogP contribution in [0.5, 0.6) is 0 Å².